The molecule has 0 atom stereocenters. The summed E-state index contributed by atoms with van der Waals surface area (Å²) in [5, 5.41) is 17.5. The SMILES string of the molecule is OCCCC(O)=C1CC1. The van der Waals surface area contributed by atoms with Gasteiger partial charge >= 0.3 is 0 Å². The zero-order chi connectivity index (χ0) is 6.69. The molecule has 9 heavy (non-hydrogen) atoms. The quantitative estimate of drug-likeness (QED) is 0.563. The van der Waals surface area contributed by atoms with E-state index in [4.69, 9.17) is 10.2 Å². The minimum atomic E-state index is 0.178. The fourth-order valence-corrected chi connectivity index (χ4v) is 0.774. The highest BCUT2D eigenvalue weighted by molar-refractivity contribution is 5.20. The van der Waals surface area contributed by atoms with E-state index in [0.717, 1.165) is 12.8 Å². The second-order valence-electron chi connectivity index (χ2n) is 2.38. The molecule has 2 nitrogen and oxygen atoms in total. The molecule has 1 aliphatic carbocycles. The summed E-state index contributed by atoms with van der Waals surface area (Å²) in [6, 6.07) is 0. The van der Waals surface area contributed by atoms with Crippen LogP contribution in [0.4, 0.5) is 0 Å². The van der Waals surface area contributed by atoms with Gasteiger partial charge in [-0.15, -0.1) is 0 Å². The molecule has 1 rings (SSSR count). The standard InChI is InChI=1S/C7H12O2/c8-5-1-2-7(9)6-3-4-6/h8-9H,1-5H2. The van der Waals surface area contributed by atoms with Gasteiger partial charge in [0.25, 0.3) is 0 Å². The van der Waals surface area contributed by atoms with Gasteiger partial charge in [-0.25, -0.2) is 0 Å². The van der Waals surface area contributed by atoms with E-state index < -0.39 is 0 Å². The third-order valence-electron chi connectivity index (χ3n) is 1.48. The summed E-state index contributed by atoms with van der Waals surface area (Å²) in [5.41, 5.74) is 1.18. The van der Waals surface area contributed by atoms with Crippen molar-refractivity contribution in [2.45, 2.75) is 25.7 Å². The van der Waals surface area contributed by atoms with E-state index in [1.807, 2.05) is 0 Å². The van der Waals surface area contributed by atoms with E-state index in [9.17, 15) is 0 Å². The van der Waals surface area contributed by atoms with E-state index in [2.05, 4.69) is 0 Å². The van der Waals surface area contributed by atoms with Crippen molar-refractivity contribution in [3.63, 3.8) is 0 Å². The normalized spacial score (nSPS) is 15.9. The summed E-state index contributed by atoms with van der Waals surface area (Å²) in [6.45, 7) is 0.178. The Labute approximate surface area is 54.8 Å². The molecule has 0 aromatic heterocycles. The number of allylic oxidation sites excluding steroid dienone is 2. The number of aliphatic hydroxyl groups excluding tert-OH is 2. The van der Waals surface area contributed by atoms with Crippen molar-refractivity contribution >= 4 is 0 Å². The Balaban J connectivity index is 2.18. The van der Waals surface area contributed by atoms with Gasteiger partial charge < -0.3 is 10.2 Å². The van der Waals surface area contributed by atoms with Crippen molar-refractivity contribution in [1.82, 2.24) is 0 Å². The van der Waals surface area contributed by atoms with E-state index in [0.29, 0.717) is 18.6 Å². The van der Waals surface area contributed by atoms with Gasteiger partial charge in [-0.3, -0.25) is 0 Å². The van der Waals surface area contributed by atoms with Crippen LogP contribution in [0, 0.1) is 0 Å². The Morgan fingerprint density at radius 3 is 2.56 bits per heavy atom. The highest BCUT2D eigenvalue weighted by Gasteiger charge is 2.16. The van der Waals surface area contributed by atoms with Crippen molar-refractivity contribution in [2.24, 2.45) is 0 Å². The molecule has 0 aromatic rings. The second-order valence-corrected chi connectivity index (χ2v) is 2.38. The van der Waals surface area contributed by atoms with Crippen LogP contribution < -0.4 is 0 Å². The first kappa shape index (κ1) is 6.62. The minimum Gasteiger partial charge on any atom is -0.512 e. The maximum absolute atomic E-state index is 9.09. The molecule has 2 N–H and O–H groups in total. The van der Waals surface area contributed by atoms with Crippen molar-refractivity contribution in [1.29, 1.82) is 0 Å². The molecule has 1 aliphatic rings. The maximum Gasteiger partial charge on any atom is 0.0915 e. The van der Waals surface area contributed by atoms with Crippen LogP contribution >= 0.6 is 0 Å². The summed E-state index contributed by atoms with van der Waals surface area (Å²) in [6.07, 6.45) is 3.48. The summed E-state index contributed by atoms with van der Waals surface area (Å²) in [4.78, 5) is 0. The van der Waals surface area contributed by atoms with Gasteiger partial charge in [0.1, 0.15) is 0 Å². The third kappa shape index (κ3) is 2.06. The summed E-state index contributed by atoms with van der Waals surface area (Å²) in [5.74, 6) is 0.518. The molecule has 0 heterocycles. The van der Waals surface area contributed by atoms with E-state index >= 15 is 0 Å². The molecule has 0 spiro atoms. The third-order valence-corrected chi connectivity index (χ3v) is 1.48. The highest BCUT2D eigenvalue weighted by Crippen LogP contribution is 2.31. The van der Waals surface area contributed by atoms with Gasteiger partial charge in [0.2, 0.25) is 0 Å². The largest absolute Gasteiger partial charge is 0.512 e. The van der Waals surface area contributed by atoms with Crippen LogP contribution in [0.15, 0.2) is 11.3 Å². The molecule has 0 aromatic carbocycles. The summed E-state index contributed by atoms with van der Waals surface area (Å²) in [7, 11) is 0. The fourth-order valence-electron chi connectivity index (χ4n) is 0.774. The van der Waals surface area contributed by atoms with Crippen LogP contribution in [-0.2, 0) is 0 Å². The lowest BCUT2D eigenvalue weighted by molar-refractivity contribution is 0.275. The van der Waals surface area contributed by atoms with Gasteiger partial charge in [0.15, 0.2) is 0 Å². The molecule has 0 bridgehead atoms. The van der Waals surface area contributed by atoms with Crippen LogP contribution in [0.2, 0.25) is 0 Å². The topological polar surface area (TPSA) is 40.5 Å². The van der Waals surface area contributed by atoms with Crippen molar-refractivity contribution in [3.8, 4) is 0 Å². The molecule has 52 valence electrons. The number of rotatable bonds is 3. The van der Waals surface area contributed by atoms with Crippen molar-refractivity contribution < 1.29 is 10.2 Å². The Morgan fingerprint density at radius 2 is 2.11 bits per heavy atom. The van der Waals surface area contributed by atoms with E-state index in [-0.39, 0.29) is 6.61 Å². The molecule has 0 unspecified atom stereocenters. The Kier molecular flexibility index (Phi) is 2.11. The average molecular weight is 128 g/mol. The molecule has 0 saturated heterocycles. The minimum absolute atomic E-state index is 0.178. The maximum atomic E-state index is 9.09. The van der Waals surface area contributed by atoms with Crippen LogP contribution in [0.5, 0.6) is 0 Å². The number of hydrogen-bond donors (Lipinski definition) is 2. The Hall–Kier alpha value is -0.500. The average Bonchev–Trinajstić information content (AvgIpc) is 2.63. The molecule has 1 fully saturated rings. The summed E-state index contributed by atoms with van der Waals surface area (Å²) >= 11 is 0. The van der Waals surface area contributed by atoms with Crippen molar-refractivity contribution in [3.05, 3.63) is 11.3 Å². The lowest BCUT2D eigenvalue weighted by Crippen LogP contribution is -1.85. The lowest BCUT2D eigenvalue weighted by Gasteiger charge is -1.94. The molecular weight excluding hydrogens is 116 g/mol. The monoisotopic (exact) mass is 128 g/mol. The Morgan fingerprint density at radius 1 is 1.44 bits per heavy atom. The van der Waals surface area contributed by atoms with Crippen LogP contribution in [0.1, 0.15) is 25.7 Å². The number of hydrogen-bond acceptors (Lipinski definition) is 2. The van der Waals surface area contributed by atoms with Crippen LogP contribution in [0.3, 0.4) is 0 Å². The van der Waals surface area contributed by atoms with Gasteiger partial charge in [-0.1, -0.05) is 0 Å². The van der Waals surface area contributed by atoms with Crippen molar-refractivity contribution in [2.75, 3.05) is 6.61 Å². The van der Waals surface area contributed by atoms with Gasteiger partial charge in [-0.05, 0) is 24.8 Å². The number of aliphatic hydroxyl groups is 2. The first-order chi connectivity index (χ1) is 4.34. The molecular formula is C7H12O2. The first-order valence-corrected chi connectivity index (χ1v) is 3.35. The predicted octanol–water partition coefficient (Wildman–Crippen LogP) is 1.36. The van der Waals surface area contributed by atoms with Crippen LogP contribution in [0.25, 0.3) is 0 Å². The van der Waals surface area contributed by atoms with E-state index in [1.54, 1.807) is 0 Å². The smallest absolute Gasteiger partial charge is 0.0915 e. The predicted molar refractivity (Wildman–Crippen MR) is 35.2 cm³/mol. The first-order valence-electron chi connectivity index (χ1n) is 3.35. The molecule has 0 radical (unpaired) electrons. The van der Waals surface area contributed by atoms with Gasteiger partial charge in [-0.2, -0.15) is 0 Å². The zero-order valence-electron chi connectivity index (χ0n) is 5.43. The Bertz CT molecular complexity index is 121. The van der Waals surface area contributed by atoms with Crippen LogP contribution in [-0.4, -0.2) is 16.8 Å². The molecule has 0 aliphatic heterocycles. The fraction of sp³-hybridized carbons (Fsp3) is 0.714. The molecule has 0 amide bonds. The second kappa shape index (κ2) is 2.87. The summed E-state index contributed by atoms with van der Waals surface area (Å²) < 4.78 is 0. The zero-order valence-corrected chi connectivity index (χ0v) is 5.43. The highest BCUT2D eigenvalue weighted by atomic mass is 16.3. The van der Waals surface area contributed by atoms with E-state index in [1.165, 1.54) is 5.57 Å². The molecule has 2 heteroatoms. The van der Waals surface area contributed by atoms with Gasteiger partial charge in [0.05, 0.1) is 5.76 Å². The molecule has 1 saturated carbocycles. The lowest BCUT2D eigenvalue weighted by atomic mass is 10.2. The van der Waals surface area contributed by atoms with Gasteiger partial charge in [0, 0.05) is 13.0 Å².